The molecule has 5 heteroatoms. The minimum Gasteiger partial charge on any atom is -0.329 e. The van der Waals surface area contributed by atoms with Gasteiger partial charge in [-0.1, -0.05) is 34.1 Å². The first-order chi connectivity index (χ1) is 7.74. The third-order valence-electron chi connectivity index (χ3n) is 2.57. The standard InChI is InChI=1S/C11H13BrN4/c1-16-11(14-7-15-16)9(6-13)8-4-2-3-5-10(8)12/h2-5,7,9H,6,13H2,1H3. The van der Waals surface area contributed by atoms with Crippen molar-refractivity contribution in [2.24, 2.45) is 12.8 Å². The van der Waals surface area contributed by atoms with E-state index >= 15 is 0 Å². The van der Waals surface area contributed by atoms with E-state index in [4.69, 9.17) is 5.73 Å². The van der Waals surface area contributed by atoms with Gasteiger partial charge in [0.1, 0.15) is 12.2 Å². The van der Waals surface area contributed by atoms with Crippen molar-refractivity contribution in [2.75, 3.05) is 6.54 Å². The van der Waals surface area contributed by atoms with Gasteiger partial charge in [-0.05, 0) is 11.6 Å². The number of nitrogens with two attached hydrogens (primary N) is 1. The second-order valence-corrected chi connectivity index (χ2v) is 4.41. The van der Waals surface area contributed by atoms with Crippen LogP contribution in [0.1, 0.15) is 17.3 Å². The zero-order chi connectivity index (χ0) is 11.5. The van der Waals surface area contributed by atoms with Gasteiger partial charge in [-0.2, -0.15) is 5.10 Å². The average Bonchev–Trinajstić information content (AvgIpc) is 2.69. The van der Waals surface area contributed by atoms with Crippen molar-refractivity contribution in [2.45, 2.75) is 5.92 Å². The van der Waals surface area contributed by atoms with Crippen molar-refractivity contribution >= 4 is 15.9 Å². The molecule has 1 atom stereocenters. The fraction of sp³-hybridized carbons (Fsp3) is 0.273. The maximum Gasteiger partial charge on any atom is 0.138 e. The predicted octanol–water partition coefficient (Wildman–Crippen LogP) is 1.67. The SMILES string of the molecule is Cn1ncnc1C(CN)c1ccccc1Br. The Hall–Kier alpha value is -1.20. The van der Waals surface area contributed by atoms with E-state index in [1.807, 2.05) is 25.2 Å². The van der Waals surface area contributed by atoms with Crippen LogP contribution in [0, 0.1) is 0 Å². The van der Waals surface area contributed by atoms with Crippen molar-refractivity contribution in [1.29, 1.82) is 0 Å². The van der Waals surface area contributed by atoms with E-state index in [-0.39, 0.29) is 5.92 Å². The first-order valence-electron chi connectivity index (χ1n) is 5.02. The Labute approximate surface area is 103 Å². The first kappa shape index (κ1) is 11.3. The van der Waals surface area contributed by atoms with Crippen LogP contribution >= 0.6 is 15.9 Å². The van der Waals surface area contributed by atoms with E-state index in [0.717, 1.165) is 15.9 Å². The molecule has 0 saturated carbocycles. The van der Waals surface area contributed by atoms with Crippen molar-refractivity contribution in [3.63, 3.8) is 0 Å². The Balaban J connectivity index is 2.45. The Kier molecular flexibility index (Phi) is 3.36. The summed E-state index contributed by atoms with van der Waals surface area (Å²) in [6.45, 7) is 0.509. The van der Waals surface area contributed by atoms with E-state index in [0.29, 0.717) is 6.54 Å². The van der Waals surface area contributed by atoms with Crippen LogP contribution in [0.3, 0.4) is 0 Å². The van der Waals surface area contributed by atoms with Crippen molar-refractivity contribution < 1.29 is 0 Å². The molecule has 1 unspecified atom stereocenters. The number of halogens is 1. The average molecular weight is 281 g/mol. The molecule has 0 amide bonds. The minimum absolute atomic E-state index is 0.0723. The van der Waals surface area contributed by atoms with Gasteiger partial charge in [-0.3, -0.25) is 4.68 Å². The number of benzene rings is 1. The van der Waals surface area contributed by atoms with Gasteiger partial charge in [0.15, 0.2) is 0 Å². The molecule has 1 aromatic carbocycles. The lowest BCUT2D eigenvalue weighted by atomic mass is 9.98. The lowest BCUT2D eigenvalue weighted by molar-refractivity contribution is 0.648. The van der Waals surface area contributed by atoms with Gasteiger partial charge in [-0.15, -0.1) is 0 Å². The summed E-state index contributed by atoms with van der Waals surface area (Å²) in [7, 11) is 1.88. The third kappa shape index (κ3) is 2.01. The van der Waals surface area contributed by atoms with Gasteiger partial charge in [0, 0.05) is 18.1 Å². The Bertz CT molecular complexity index is 480. The molecule has 0 aliphatic carbocycles. The number of nitrogens with zero attached hydrogens (tertiary/aromatic N) is 3. The Morgan fingerprint density at radius 2 is 2.19 bits per heavy atom. The molecule has 0 bridgehead atoms. The first-order valence-corrected chi connectivity index (χ1v) is 5.81. The van der Waals surface area contributed by atoms with Crippen LogP contribution in [0.4, 0.5) is 0 Å². The molecule has 0 radical (unpaired) electrons. The molecular weight excluding hydrogens is 268 g/mol. The highest BCUT2D eigenvalue weighted by Gasteiger charge is 2.19. The molecule has 1 heterocycles. The van der Waals surface area contributed by atoms with Crippen molar-refractivity contribution in [1.82, 2.24) is 14.8 Å². The van der Waals surface area contributed by atoms with Gasteiger partial charge in [0.05, 0.1) is 5.92 Å². The number of rotatable bonds is 3. The number of hydrogen-bond donors (Lipinski definition) is 1. The maximum absolute atomic E-state index is 5.83. The highest BCUT2D eigenvalue weighted by molar-refractivity contribution is 9.10. The third-order valence-corrected chi connectivity index (χ3v) is 3.30. The summed E-state index contributed by atoms with van der Waals surface area (Å²) < 4.78 is 2.81. The summed E-state index contributed by atoms with van der Waals surface area (Å²) in [5.74, 6) is 0.956. The molecule has 0 aliphatic rings. The normalized spacial score (nSPS) is 12.7. The summed E-state index contributed by atoms with van der Waals surface area (Å²) in [5, 5.41) is 4.08. The summed E-state index contributed by atoms with van der Waals surface area (Å²) in [6, 6.07) is 8.04. The van der Waals surface area contributed by atoms with Crippen LogP contribution in [-0.4, -0.2) is 21.3 Å². The summed E-state index contributed by atoms with van der Waals surface area (Å²) in [5.41, 5.74) is 6.97. The number of hydrogen-bond acceptors (Lipinski definition) is 3. The topological polar surface area (TPSA) is 56.7 Å². The summed E-state index contributed by atoms with van der Waals surface area (Å²) in [6.07, 6.45) is 1.55. The van der Waals surface area contributed by atoms with Crippen molar-refractivity contribution in [3.8, 4) is 0 Å². The second kappa shape index (κ2) is 4.76. The minimum atomic E-state index is 0.0723. The van der Waals surface area contributed by atoms with E-state index in [9.17, 15) is 0 Å². The highest BCUT2D eigenvalue weighted by atomic mass is 79.9. The molecule has 0 saturated heterocycles. The van der Waals surface area contributed by atoms with Crippen LogP contribution < -0.4 is 5.73 Å². The predicted molar refractivity (Wildman–Crippen MR) is 66.0 cm³/mol. The van der Waals surface area contributed by atoms with E-state index in [2.05, 4.69) is 32.1 Å². The van der Waals surface area contributed by atoms with Gasteiger partial charge in [-0.25, -0.2) is 4.98 Å². The van der Waals surface area contributed by atoms with Gasteiger partial charge >= 0.3 is 0 Å². The summed E-state index contributed by atoms with van der Waals surface area (Å²) >= 11 is 3.53. The molecule has 0 fully saturated rings. The van der Waals surface area contributed by atoms with E-state index < -0.39 is 0 Å². The quantitative estimate of drug-likeness (QED) is 0.931. The van der Waals surface area contributed by atoms with Gasteiger partial charge in [0.2, 0.25) is 0 Å². The Morgan fingerprint density at radius 3 is 2.75 bits per heavy atom. The molecule has 16 heavy (non-hydrogen) atoms. The lowest BCUT2D eigenvalue weighted by Gasteiger charge is -2.15. The van der Waals surface area contributed by atoms with E-state index in [1.165, 1.54) is 0 Å². The van der Waals surface area contributed by atoms with Crippen LogP contribution in [0.15, 0.2) is 35.1 Å². The fourth-order valence-electron chi connectivity index (χ4n) is 1.75. The molecule has 0 spiro atoms. The van der Waals surface area contributed by atoms with Crippen LogP contribution in [0.5, 0.6) is 0 Å². The zero-order valence-corrected chi connectivity index (χ0v) is 10.6. The Morgan fingerprint density at radius 1 is 1.44 bits per heavy atom. The second-order valence-electron chi connectivity index (χ2n) is 3.55. The zero-order valence-electron chi connectivity index (χ0n) is 8.97. The van der Waals surface area contributed by atoms with Crippen LogP contribution in [-0.2, 0) is 7.05 Å². The van der Waals surface area contributed by atoms with E-state index in [1.54, 1.807) is 11.0 Å². The number of aromatic nitrogens is 3. The van der Waals surface area contributed by atoms with Gasteiger partial charge < -0.3 is 5.73 Å². The smallest absolute Gasteiger partial charge is 0.138 e. The lowest BCUT2D eigenvalue weighted by Crippen LogP contribution is -2.18. The fourth-order valence-corrected chi connectivity index (χ4v) is 2.31. The molecule has 2 rings (SSSR count). The molecule has 1 aromatic heterocycles. The van der Waals surface area contributed by atoms with Gasteiger partial charge in [0.25, 0.3) is 0 Å². The highest BCUT2D eigenvalue weighted by Crippen LogP contribution is 2.28. The monoisotopic (exact) mass is 280 g/mol. The molecule has 2 aromatic rings. The number of aryl methyl sites for hydroxylation is 1. The molecule has 84 valence electrons. The molecule has 4 nitrogen and oxygen atoms in total. The maximum atomic E-state index is 5.83. The van der Waals surface area contributed by atoms with Crippen LogP contribution in [0.25, 0.3) is 0 Å². The van der Waals surface area contributed by atoms with Crippen molar-refractivity contribution in [3.05, 3.63) is 46.5 Å². The molecular formula is C11H13BrN4. The van der Waals surface area contributed by atoms with Crippen LogP contribution in [0.2, 0.25) is 0 Å². The largest absolute Gasteiger partial charge is 0.329 e. The molecule has 0 aliphatic heterocycles. The molecule has 2 N–H and O–H groups in total. The summed E-state index contributed by atoms with van der Waals surface area (Å²) in [4.78, 5) is 4.26.